The normalized spacial score (nSPS) is 20.7. The fraction of sp³-hybridized carbons (Fsp3) is 0.500. The second-order valence-corrected chi connectivity index (χ2v) is 8.58. The lowest BCUT2D eigenvalue weighted by Gasteiger charge is -2.35. The zero-order chi connectivity index (χ0) is 22.3. The topological polar surface area (TPSA) is 85.2 Å². The van der Waals surface area contributed by atoms with Crippen LogP contribution in [0.2, 0.25) is 0 Å². The van der Waals surface area contributed by atoms with Gasteiger partial charge in [-0.1, -0.05) is 6.08 Å². The van der Waals surface area contributed by atoms with Crippen LogP contribution in [0.4, 0.5) is 29.6 Å². The Morgan fingerprint density at radius 1 is 1.29 bits per heavy atom. The maximum Gasteiger partial charge on any atom is 0.411 e. The molecule has 11 heteroatoms. The van der Waals surface area contributed by atoms with Crippen LogP contribution in [-0.2, 0) is 4.74 Å². The highest BCUT2D eigenvalue weighted by molar-refractivity contribution is 5.74. The van der Waals surface area contributed by atoms with E-state index in [4.69, 9.17) is 4.74 Å². The number of hydrogen-bond acceptors (Lipinski definition) is 6. The van der Waals surface area contributed by atoms with Gasteiger partial charge in [-0.2, -0.15) is 13.9 Å². The number of fused-ring (bicyclic) bond motifs is 2. The number of anilines is 2. The van der Waals surface area contributed by atoms with Crippen LogP contribution in [0.1, 0.15) is 52.3 Å². The van der Waals surface area contributed by atoms with Gasteiger partial charge in [0.15, 0.2) is 5.82 Å². The maximum atomic E-state index is 14.5. The standard InChI is InChI=1S/C20H23F3N6O2/c1-20(2,3)31-19(30)29-13-4-5-14(29)7-11(6-13)16-15(21)9-24-18(27-16)26-12-8-25-28(10-12)17(22)23/h6,8-10,13-14,17H,4-5,7H2,1-3H3,(H,24,26,27). The molecule has 0 aromatic carbocycles. The van der Waals surface area contributed by atoms with Gasteiger partial charge >= 0.3 is 12.6 Å². The zero-order valence-electron chi connectivity index (χ0n) is 17.3. The number of hydrogen-bond donors (Lipinski definition) is 1. The predicted molar refractivity (Wildman–Crippen MR) is 106 cm³/mol. The summed E-state index contributed by atoms with van der Waals surface area (Å²) in [7, 11) is 0. The molecule has 2 unspecified atom stereocenters. The fourth-order valence-electron chi connectivity index (χ4n) is 3.90. The largest absolute Gasteiger partial charge is 0.444 e. The minimum atomic E-state index is -2.77. The highest BCUT2D eigenvalue weighted by Gasteiger charge is 2.42. The van der Waals surface area contributed by atoms with E-state index in [2.05, 4.69) is 20.4 Å². The first-order valence-electron chi connectivity index (χ1n) is 9.95. The summed E-state index contributed by atoms with van der Waals surface area (Å²) in [5.41, 5.74) is 0.461. The monoisotopic (exact) mass is 436 g/mol. The van der Waals surface area contributed by atoms with Crippen LogP contribution < -0.4 is 5.32 Å². The van der Waals surface area contributed by atoms with Crippen molar-refractivity contribution in [2.75, 3.05) is 5.32 Å². The molecule has 0 spiro atoms. The molecule has 1 N–H and O–H groups in total. The third kappa shape index (κ3) is 4.49. The van der Waals surface area contributed by atoms with E-state index in [1.807, 2.05) is 26.8 Å². The second-order valence-electron chi connectivity index (χ2n) is 8.58. The lowest BCUT2D eigenvalue weighted by Crippen LogP contribution is -2.45. The summed E-state index contributed by atoms with van der Waals surface area (Å²) in [5.74, 6) is -0.529. The van der Waals surface area contributed by atoms with Gasteiger partial charge in [-0.05, 0) is 45.6 Å². The van der Waals surface area contributed by atoms with Crippen LogP contribution in [0.15, 0.2) is 24.7 Å². The average molecular weight is 436 g/mol. The molecule has 2 atom stereocenters. The highest BCUT2D eigenvalue weighted by atomic mass is 19.3. The zero-order valence-corrected chi connectivity index (χ0v) is 17.3. The van der Waals surface area contributed by atoms with E-state index in [1.54, 1.807) is 4.90 Å². The van der Waals surface area contributed by atoms with Gasteiger partial charge in [0.2, 0.25) is 5.95 Å². The first kappa shape index (κ1) is 21.1. The predicted octanol–water partition coefficient (Wildman–Crippen LogP) is 4.51. The Morgan fingerprint density at radius 3 is 2.71 bits per heavy atom. The number of carbonyl (C=O) groups excluding carboxylic acids is 1. The molecule has 2 aromatic heterocycles. The number of nitrogens with zero attached hydrogens (tertiary/aromatic N) is 5. The summed E-state index contributed by atoms with van der Waals surface area (Å²) in [6.45, 7) is 2.67. The van der Waals surface area contributed by atoms with Crippen LogP contribution in [-0.4, -0.2) is 48.4 Å². The molecular formula is C20H23F3N6O2. The first-order chi connectivity index (χ1) is 14.6. The molecule has 1 saturated heterocycles. The first-order valence-corrected chi connectivity index (χ1v) is 9.95. The third-order valence-electron chi connectivity index (χ3n) is 5.11. The van der Waals surface area contributed by atoms with E-state index in [1.165, 1.54) is 6.20 Å². The lowest BCUT2D eigenvalue weighted by atomic mass is 9.98. The van der Waals surface area contributed by atoms with Gasteiger partial charge in [-0.15, -0.1) is 0 Å². The Kier molecular flexibility index (Phi) is 5.36. The molecule has 1 fully saturated rings. The maximum absolute atomic E-state index is 14.5. The van der Waals surface area contributed by atoms with Gasteiger partial charge in [0.1, 0.15) is 11.3 Å². The molecule has 4 rings (SSSR count). The van der Waals surface area contributed by atoms with Gasteiger partial charge in [0.25, 0.3) is 0 Å². The summed E-state index contributed by atoms with van der Waals surface area (Å²) in [5, 5.41) is 6.29. The molecule has 31 heavy (non-hydrogen) atoms. The van der Waals surface area contributed by atoms with Crippen molar-refractivity contribution in [2.45, 2.75) is 64.3 Å². The number of carbonyl (C=O) groups is 1. The molecule has 0 aliphatic carbocycles. The van der Waals surface area contributed by atoms with E-state index in [9.17, 15) is 18.0 Å². The van der Waals surface area contributed by atoms with E-state index in [0.717, 1.165) is 25.2 Å². The number of halogens is 3. The molecule has 2 aliphatic rings. The lowest BCUT2D eigenvalue weighted by molar-refractivity contribution is 0.0175. The number of nitrogens with one attached hydrogen (secondary N) is 1. The SMILES string of the molecule is CC(C)(C)OC(=O)N1C2C=C(c3nc(Nc4cnn(C(F)F)c4)ncc3F)CC1CC2. The van der Waals surface area contributed by atoms with E-state index in [0.29, 0.717) is 16.7 Å². The van der Waals surface area contributed by atoms with Crippen LogP contribution in [0, 0.1) is 5.82 Å². The highest BCUT2D eigenvalue weighted by Crippen LogP contribution is 2.39. The Bertz CT molecular complexity index is 1020. The van der Waals surface area contributed by atoms with Gasteiger partial charge < -0.3 is 10.1 Å². The molecule has 2 bridgehead atoms. The number of rotatable bonds is 4. The summed E-state index contributed by atoms with van der Waals surface area (Å²) in [6.07, 6.45) is 6.80. The Morgan fingerprint density at radius 2 is 2.06 bits per heavy atom. The Hall–Kier alpha value is -3.11. The summed E-state index contributed by atoms with van der Waals surface area (Å²) in [4.78, 5) is 22.4. The molecular weight excluding hydrogens is 413 g/mol. The third-order valence-corrected chi connectivity index (χ3v) is 5.11. The fourth-order valence-corrected chi connectivity index (χ4v) is 3.90. The minimum Gasteiger partial charge on any atom is -0.444 e. The van der Waals surface area contributed by atoms with Gasteiger partial charge in [0, 0.05) is 6.04 Å². The summed E-state index contributed by atoms with van der Waals surface area (Å²) in [6, 6.07) is -0.298. The number of ether oxygens (including phenoxy) is 1. The minimum absolute atomic E-state index is 0.0630. The van der Waals surface area contributed by atoms with Gasteiger partial charge in [0.05, 0.1) is 30.3 Å². The van der Waals surface area contributed by atoms with E-state index in [-0.39, 0.29) is 35.5 Å². The van der Waals surface area contributed by atoms with Gasteiger partial charge in [-0.3, -0.25) is 4.90 Å². The smallest absolute Gasteiger partial charge is 0.411 e. The molecule has 4 heterocycles. The molecule has 2 aromatic rings. The van der Waals surface area contributed by atoms with E-state index >= 15 is 0 Å². The van der Waals surface area contributed by atoms with Crippen molar-refractivity contribution in [1.29, 1.82) is 0 Å². The summed E-state index contributed by atoms with van der Waals surface area (Å²) < 4.78 is 45.9. The summed E-state index contributed by atoms with van der Waals surface area (Å²) >= 11 is 0. The Balaban J connectivity index is 1.55. The van der Waals surface area contributed by atoms with Crippen molar-refractivity contribution in [2.24, 2.45) is 0 Å². The molecule has 1 amide bonds. The van der Waals surface area contributed by atoms with Crippen LogP contribution >= 0.6 is 0 Å². The molecule has 166 valence electrons. The van der Waals surface area contributed by atoms with Crippen LogP contribution in [0.5, 0.6) is 0 Å². The van der Waals surface area contributed by atoms with Crippen molar-refractivity contribution >= 4 is 23.3 Å². The molecule has 8 nitrogen and oxygen atoms in total. The number of amides is 1. The quantitative estimate of drug-likeness (QED) is 0.759. The van der Waals surface area contributed by atoms with E-state index < -0.39 is 18.0 Å². The van der Waals surface area contributed by atoms with Crippen LogP contribution in [0.3, 0.4) is 0 Å². The Labute approximate surface area is 177 Å². The van der Waals surface area contributed by atoms with Crippen molar-refractivity contribution in [3.63, 3.8) is 0 Å². The van der Waals surface area contributed by atoms with Crippen molar-refractivity contribution in [3.05, 3.63) is 36.2 Å². The average Bonchev–Trinajstić information content (AvgIpc) is 3.24. The molecule has 0 radical (unpaired) electrons. The molecule has 0 saturated carbocycles. The van der Waals surface area contributed by atoms with Crippen LogP contribution in [0.25, 0.3) is 5.57 Å². The second kappa shape index (κ2) is 7.86. The number of aromatic nitrogens is 4. The van der Waals surface area contributed by atoms with Gasteiger partial charge in [-0.25, -0.2) is 23.8 Å². The van der Waals surface area contributed by atoms with Crippen molar-refractivity contribution in [1.82, 2.24) is 24.6 Å². The number of alkyl halides is 2. The van der Waals surface area contributed by atoms with Crippen molar-refractivity contribution in [3.8, 4) is 0 Å². The molecule has 2 aliphatic heterocycles. The van der Waals surface area contributed by atoms with Crippen molar-refractivity contribution < 1.29 is 22.7 Å².